The van der Waals surface area contributed by atoms with Crippen molar-refractivity contribution in [2.45, 2.75) is 20.4 Å². The minimum Gasteiger partial charge on any atom is -0.497 e. The van der Waals surface area contributed by atoms with Crippen LogP contribution in [-0.2, 0) is 6.54 Å². The van der Waals surface area contributed by atoms with Crippen LogP contribution in [0.4, 0.5) is 4.39 Å². The molecule has 0 N–H and O–H groups in total. The van der Waals surface area contributed by atoms with Crippen LogP contribution in [0.2, 0.25) is 5.02 Å². The van der Waals surface area contributed by atoms with Gasteiger partial charge in [-0.15, -0.1) is 5.10 Å². The summed E-state index contributed by atoms with van der Waals surface area (Å²) in [5.74, 6) is 1.76. The van der Waals surface area contributed by atoms with E-state index < -0.39 is 5.82 Å². The molecule has 0 amide bonds. The highest BCUT2D eigenvalue weighted by atomic mass is 35.5. The van der Waals surface area contributed by atoms with Crippen LogP contribution < -0.4 is 4.74 Å². The number of benzene rings is 2. The maximum Gasteiger partial charge on any atom is 0.280 e. The third-order valence-corrected chi connectivity index (χ3v) is 5.62. The third-order valence-electron chi connectivity index (χ3n) is 5.32. The van der Waals surface area contributed by atoms with Crippen LogP contribution in [0.1, 0.15) is 17.1 Å². The fraction of sp³-hybridized carbons (Fsp3) is 0.174. The molecule has 0 unspecified atom stereocenters. The number of methoxy groups -OCH3 is 1. The van der Waals surface area contributed by atoms with Crippen LogP contribution in [0.3, 0.4) is 0 Å². The smallest absolute Gasteiger partial charge is 0.280 e. The first-order valence-corrected chi connectivity index (χ1v) is 10.6. The van der Waals surface area contributed by atoms with E-state index in [1.807, 2.05) is 38.1 Å². The Kier molecular flexibility index (Phi) is 5.58. The van der Waals surface area contributed by atoms with E-state index in [1.54, 1.807) is 17.9 Å². The molecule has 0 aliphatic carbocycles. The number of hydrogen-bond acceptors (Lipinski definition) is 8. The quantitative estimate of drug-likeness (QED) is 0.330. The van der Waals surface area contributed by atoms with Gasteiger partial charge in [-0.3, -0.25) is 0 Å². The Bertz CT molecular complexity index is 1470. The lowest BCUT2D eigenvalue weighted by Crippen LogP contribution is -2.05. The number of nitrogens with zero attached hydrogens (tertiary/aromatic N) is 6. The topological polar surface area (TPSA) is 105 Å². The summed E-state index contributed by atoms with van der Waals surface area (Å²) < 4.78 is 31.8. The summed E-state index contributed by atoms with van der Waals surface area (Å²) in [6, 6.07) is 11.7. The summed E-state index contributed by atoms with van der Waals surface area (Å²) in [5.41, 5.74) is 3.11. The molecule has 3 aromatic heterocycles. The van der Waals surface area contributed by atoms with Crippen molar-refractivity contribution in [1.29, 1.82) is 0 Å². The molecular formula is C23H18ClFN6O3. The molecule has 0 bridgehead atoms. The van der Waals surface area contributed by atoms with Gasteiger partial charge in [-0.25, -0.2) is 14.1 Å². The molecule has 0 aliphatic heterocycles. The molecule has 172 valence electrons. The van der Waals surface area contributed by atoms with E-state index in [9.17, 15) is 4.39 Å². The molecular weight excluding hydrogens is 463 g/mol. The van der Waals surface area contributed by atoms with E-state index in [2.05, 4.69) is 25.4 Å². The molecule has 0 fully saturated rings. The Balaban J connectivity index is 1.38. The van der Waals surface area contributed by atoms with Gasteiger partial charge in [0.15, 0.2) is 5.69 Å². The summed E-state index contributed by atoms with van der Waals surface area (Å²) in [4.78, 5) is 8.95. The SMILES string of the molecule is COc1ccc(-c2nc(Cn3nnc(-c4nc(-c5ccc(Cl)c(F)c5)no4)c3C)c(C)o2)cc1. The second kappa shape index (κ2) is 8.71. The normalized spacial score (nSPS) is 11.2. The minimum atomic E-state index is -0.565. The lowest BCUT2D eigenvalue weighted by molar-refractivity contribution is 0.415. The van der Waals surface area contributed by atoms with Crippen LogP contribution in [0.5, 0.6) is 5.75 Å². The maximum absolute atomic E-state index is 13.8. The van der Waals surface area contributed by atoms with Gasteiger partial charge in [0, 0.05) is 11.1 Å². The molecule has 5 rings (SSSR count). The Morgan fingerprint density at radius 1 is 1.03 bits per heavy atom. The first kappa shape index (κ1) is 21.8. The van der Waals surface area contributed by atoms with Crippen LogP contribution in [0.15, 0.2) is 51.4 Å². The lowest BCUT2D eigenvalue weighted by Gasteiger charge is -2.01. The van der Waals surface area contributed by atoms with Crippen molar-refractivity contribution in [2.24, 2.45) is 0 Å². The van der Waals surface area contributed by atoms with Crippen molar-refractivity contribution in [3.8, 4) is 40.2 Å². The Morgan fingerprint density at radius 3 is 2.53 bits per heavy atom. The molecule has 5 aromatic rings. The number of aromatic nitrogens is 6. The molecule has 3 heterocycles. The van der Waals surface area contributed by atoms with Crippen LogP contribution in [-0.4, -0.2) is 37.2 Å². The van der Waals surface area contributed by atoms with Gasteiger partial charge in [-0.2, -0.15) is 4.98 Å². The molecule has 9 nitrogen and oxygen atoms in total. The van der Waals surface area contributed by atoms with Gasteiger partial charge in [0.1, 0.15) is 23.0 Å². The number of rotatable bonds is 6. The Morgan fingerprint density at radius 2 is 1.79 bits per heavy atom. The fourth-order valence-electron chi connectivity index (χ4n) is 3.35. The van der Waals surface area contributed by atoms with Crippen molar-refractivity contribution in [3.05, 3.63) is 70.5 Å². The van der Waals surface area contributed by atoms with E-state index in [-0.39, 0.29) is 16.7 Å². The molecule has 0 radical (unpaired) electrons. The molecule has 11 heteroatoms. The summed E-state index contributed by atoms with van der Waals surface area (Å²) in [6.07, 6.45) is 0. The maximum atomic E-state index is 13.8. The largest absolute Gasteiger partial charge is 0.497 e. The van der Waals surface area contributed by atoms with Crippen molar-refractivity contribution < 1.29 is 18.1 Å². The average Bonchev–Trinajstić information content (AvgIpc) is 3.56. The van der Waals surface area contributed by atoms with Crippen LogP contribution in [0.25, 0.3) is 34.4 Å². The fourth-order valence-corrected chi connectivity index (χ4v) is 3.47. The number of halogens is 2. The van der Waals surface area contributed by atoms with Gasteiger partial charge in [-0.1, -0.05) is 22.0 Å². The van der Waals surface area contributed by atoms with E-state index >= 15 is 0 Å². The summed E-state index contributed by atoms with van der Waals surface area (Å²) >= 11 is 5.74. The van der Waals surface area contributed by atoms with Gasteiger partial charge in [0.05, 0.1) is 24.4 Å². The number of ether oxygens (including phenoxy) is 1. The van der Waals surface area contributed by atoms with Gasteiger partial charge < -0.3 is 13.7 Å². The molecule has 2 aromatic carbocycles. The van der Waals surface area contributed by atoms with Crippen molar-refractivity contribution in [2.75, 3.05) is 7.11 Å². The Hall–Kier alpha value is -4.05. The standard InChI is InChI=1S/C23H18ClFN6O3/c1-12-20(23-27-21(29-34-23)15-6-9-17(24)18(25)10-15)28-30-31(12)11-19-13(2)33-22(26-19)14-4-7-16(32-3)8-5-14/h4-10H,11H2,1-3H3. The first-order valence-electron chi connectivity index (χ1n) is 10.2. The monoisotopic (exact) mass is 480 g/mol. The van der Waals surface area contributed by atoms with Crippen molar-refractivity contribution in [1.82, 2.24) is 30.1 Å². The molecule has 34 heavy (non-hydrogen) atoms. The lowest BCUT2D eigenvalue weighted by atomic mass is 10.2. The summed E-state index contributed by atoms with van der Waals surface area (Å²) in [5, 5.41) is 12.3. The minimum absolute atomic E-state index is 0.0181. The van der Waals surface area contributed by atoms with Crippen molar-refractivity contribution >= 4 is 11.6 Å². The second-order valence-corrected chi connectivity index (χ2v) is 7.89. The highest BCUT2D eigenvalue weighted by molar-refractivity contribution is 6.30. The predicted molar refractivity (Wildman–Crippen MR) is 121 cm³/mol. The Labute approximate surface area is 198 Å². The van der Waals surface area contributed by atoms with Gasteiger partial charge >= 0.3 is 0 Å². The highest BCUT2D eigenvalue weighted by Crippen LogP contribution is 2.27. The van der Waals surface area contributed by atoms with Gasteiger partial charge in [-0.05, 0) is 56.3 Å². The zero-order valence-electron chi connectivity index (χ0n) is 18.4. The summed E-state index contributed by atoms with van der Waals surface area (Å²) in [6.45, 7) is 4.02. The zero-order valence-corrected chi connectivity index (χ0v) is 19.2. The van der Waals surface area contributed by atoms with E-state index in [4.69, 9.17) is 25.3 Å². The first-order chi connectivity index (χ1) is 16.4. The van der Waals surface area contributed by atoms with E-state index in [1.165, 1.54) is 12.1 Å². The number of oxazole rings is 1. The van der Waals surface area contributed by atoms with Gasteiger partial charge in [0.25, 0.3) is 5.89 Å². The molecule has 0 aliphatic rings. The van der Waals surface area contributed by atoms with Crippen molar-refractivity contribution in [3.63, 3.8) is 0 Å². The summed E-state index contributed by atoms with van der Waals surface area (Å²) in [7, 11) is 1.61. The average molecular weight is 481 g/mol. The number of hydrogen-bond donors (Lipinski definition) is 0. The van der Waals surface area contributed by atoms with Gasteiger partial charge in [0.2, 0.25) is 11.7 Å². The highest BCUT2D eigenvalue weighted by Gasteiger charge is 2.20. The molecule has 0 spiro atoms. The van der Waals surface area contributed by atoms with E-state index in [0.717, 1.165) is 11.3 Å². The third kappa shape index (κ3) is 4.03. The molecule has 0 saturated carbocycles. The predicted octanol–water partition coefficient (Wildman–Crippen LogP) is 5.12. The van der Waals surface area contributed by atoms with Crippen LogP contribution in [0, 0.1) is 19.7 Å². The second-order valence-electron chi connectivity index (χ2n) is 7.48. The molecule has 0 saturated heterocycles. The van der Waals surface area contributed by atoms with Crippen LogP contribution >= 0.6 is 11.6 Å². The van der Waals surface area contributed by atoms with E-state index in [0.29, 0.717) is 40.8 Å². The zero-order chi connectivity index (χ0) is 23.8. The molecule has 0 atom stereocenters. The number of aryl methyl sites for hydroxylation is 1.